The molecule has 0 bridgehead atoms. The highest BCUT2D eigenvalue weighted by atomic mass is 16.6. The van der Waals surface area contributed by atoms with E-state index in [0.29, 0.717) is 18.6 Å². The largest absolute Gasteiger partial charge is 0.394 e. The van der Waals surface area contributed by atoms with Crippen LogP contribution in [0, 0.1) is 6.92 Å². The molecule has 3 N–H and O–H groups in total. The molecule has 2 heterocycles. The number of aryl methyl sites for hydroxylation is 1. The Morgan fingerprint density at radius 1 is 1.57 bits per heavy atom. The van der Waals surface area contributed by atoms with Crippen molar-refractivity contribution in [1.82, 2.24) is 9.55 Å². The van der Waals surface area contributed by atoms with Crippen LogP contribution in [0.25, 0.3) is 0 Å². The second-order valence-corrected chi connectivity index (χ2v) is 5.24. The van der Waals surface area contributed by atoms with Crippen LogP contribution in [0.1, 0.15) is 18.4 Å². The molecular formula is C13H20N2O6. The second-order valence-electron chi connectivity index (χ2n) is 5.24. The minimum absolute atomic E-state index is 0.132. The summed E-state index contributed by atoms with van der Waals surface area (Å²) in [4.78, 5) is 25.8. The Kier molecular flexibility index (Phi) is 4.62. The molecule has 0 unspecified atom stereocenters. The minimum atomic E-state index is -1.14. The maximum atomic E-state index is 12.1. The third-order valence-corrected chi connectivity index (χ3v) is 3.76. The first-order valence-corrected chi connectivity index (χ1v) is 6.72. The van der Waals surface area contributed by atoms with Gasteiger partial charge in [0.2, 0.25) is 0 Å². The lowest BCUT2D eigenvalue weighted by Crippen LogP contribution is -2.45. The third-order valence-electron chi connectivity index (χ3n) is 3.76. The van der Waals surface area contributed by atoms with Crippen LogP contribution in [-0.4, -0.2) is 52.3 Å². The van der Waals surface area contributed by atoms with Gasteiger partial charge in [0.25, 0.3) is 5.56 Å². The first kappa shape index (κ1) is 15.9. The summed E-state index contributed by atoms with van der Waals surface area (Å²) in [7, 11) is 1.52. The average Bonchev–Trinajstić information content (AvgIpc) is 2.78. The molecule has 21 heavy (non-hydrogen) atoms. The molecule has 118 valence electrons. The number of aromatic nitrogens is 2. The van der Waals surface area contributed by atoms with Crippen molar-refractivity contribution in [3.8, 4) is 0 Å². The average molecular weight is 300 g/mol. The number of nitrogens with one attached hydrogen (secondary N) is 1. The third kappa shape index (κ3) is 2.93. The molecule has 1 aromatic heterocycles. The number of hydrogen-bond donors (Lipinski definition) is 3. The van der Waals surface area contributed by atoms with Crippen LogP contribution in [-0.2, 0) is 15.2 Å². The lowest BCUT2D eigenvalue weighted by atomic mass is 10.0. The maximum Gasteiger partial charge on any atom is 0.330 e. The zero-order chi connectivity index (χ0) is 15.6. The van der Waals surface area contributed by atoms with E-state index in [9.17, 15) is 19.8 Å². The van der Waals surface area contributed by atoms with Crippen molar-refractivity contribution in [2.24, 2.45) is 0 Å². The number of ether oxygens (including phenoxy) is 2. The van der Waals surface area contributed by atoms with Gasteiger partial charge in [-0.3, -0.25) is 14.3 Å². The number of aromatic amines is 1. The van der Waals surface area contributed by atoms with Gasteiger partial charge in [-0.05, 0) is 6.92 Å². The van der Waals surface area contributed by atoms with Gasteiger partial charge in [-0.1, -0.05) is 0 Å². The topological polar surface area (TPSA) is 114 Å². The Morgan fingerprint density at radius 2 is 2.29 bits per heavy atom. The number of nitrogens with zero attached hydrogens (tertiary/aromatic N) is 1. The molecule has 0 amide bonds. The fraction of sp³-hybridized carbons (Fsp3) is 0.692. The number of H-pyrrole nitrogens is 1. The van der Waals surface area contributed by atoms with Crippen molar-refractivity contribution in [2.75, 3.05) is 20.3 Å². The van der Waals surface area contributed by atoms with Crippen molar-refractivity contribution in [2.45, 2.75) is 37.7 Å². The van der Waals surface area contributed by atoms with E-state index in [4.69, 9.17) is 9.47 Å². The van der Waals surface area contributed by atoms with E-state index >= 15 is 0 Å². The van der Waals surface area contributed by atoms with E-state index in [1.54, 1.807) is 6.92 Å². The molecule has 1 aromatic rings. The molecule has 3 atom stereocenters. The van der Waals surface area contributed by atoms with Crippen LogP contribution in [0.2, 0.25) is 0 Å². The van der Waals surface area contributed by atoms with Crippen LogP contribution in [0.5, 0.6) is 0 Å². The van der Waals surface area contributed by atoms with Gasteiger partial charge < -0.3 is 19.7 Å². The highest BCUT2D eigenvalue weighted by Crippen LogP contribution is 2.37. The number of aliphatic hydroxyl groups is 2. The summed E-state index contributed by atoms with van der Waals surface area (Å²) in [6.07, 6.45) is 0.172. The van der Waals surface area contributed by atoms with E-state index in [-0.39, 0.29) is 13.0 Å². The van der Waals surface area contributed by atoms with E-state index in [0.717, 1.165) is 0 Å². The van der Waals surface area contributed by atoms with Gasteiger partial charge >= 0.3 is 5.69 Å². The monoisotopic (exact) mass is 300 g/mol. The van der Waals surface area contributed by atoms with Gasteiger partial charge in [-0.15, -0.1) is 0 Å². The van der Waals surface area contributed by atoms with Gasteiger partial charge in [0, 0.05) is 31.7 Å². The maximum absolute atomic E-state index is 12.1. The van der Waals surface area contributed by atoms with Gasteiger partial charge in [-0.2, -0.15) is 0 Å². The second kappa shape index (κ2) is 6.10. The molecule has 0 saturated carbocycles. The summed E-state index contributed by atoms with van der Waals surface area (Å²) < 4.78 is 12.0. The van der Waals surface area contributed by atoms with Crippen LogP contribution in [0.4, 0.5) is 0 Å². The predicted molar refractivity (Wildman–Crippen MR) is 73.1 cm³/mol. The van der Waals surface area contributed by atoms with Crippen LogP contribution in [0.3, 0.4) is 0 Å². The molecule has 2 rings (SSSR count). The zero-order valence-corrected chi connectivity index (χ0v) is 12.0. The minimum Gasteiger partial charge on any atom is -0.394 e. The van der Waals surface area contributed by atoms with E-state index in [1.165, 1.54) is 17.9 Å². The predicted octanol–water partition coefficient (Wildman–Crippen LogP) is -1.32. The summed E-state index contributed by atoms with van der Waals surface area (Å²) >= 11 is 0. The number of methoxy groups -OCH3 is 1. The molecule has 1 aliphatic rings. The van der Waals surface area contributed by atoms with E-state index in [2.05, 4.69) is 4.98 Å². The van der Waals surface area contributed by atoms with Gasteiger partial charge in [0.05, 0.1) is 19.3 Å². The molecule has 0 aromatic carbocycles. The standard InChI is InChI=1S/C13H20N2O6/c1-8-6-15(12(19)14-11(8)18)13(3-4-20-2)5-9(17)10(7-16)21-13/h6,9-10,16-17H,3-5,7H2,1-2H3,(H,14,18,19)/t9-,10+,13+/m0/s1. The van der Waals surface area contributed by atoms with Gasteiger partial charge in [0.15, 0.2) is 5.72 Å². The molecule has 0 radical (unpaired) electrons. The lowest BCUT2D eigenvalue weighted by molar-refractivity contribution is -0.130. The normalized spacial score (nSPS) is 29.0. The molecule has 1 aliphatic heterocycles. The number of rotatable bonds is 5. The summed E-state index contributed by atoms with van der Waals surface area (Å²) in [6, 6.07) is 0. The fourth-order valence-electron chi connectivity index (χ4n) is 2.59. The smallest absolute Gasteiger partial charge is 0.330 e. The van der Waals surface area contributed by atoms with E-state index in [1.807, 2.05) is 0 Å². The summed E-state index contributed by atoms with van der Waals surface area (Å²) in [6.45, 7) is 1.52. The molecule has 1 fully saturated rings. The van der Waals surface area contributed by atoms with Crippen LogP contribution < -0.4 is 11.2 Å². The molecule has 0 aliphatic carbocycles. The van der Waals surface area contributed by atoms with Crippen LogP contribution in [0.15, 0.2) is 15.8 Å². The fourth-order valence-corrected chi connectivity index (χ4v) is 2.59. The van der Waals surface area contributed by atoms with Crippen molar-refractivity contribution >= 4 is 0 Å². The summed E-state index contributed by atoms with van der Waals surface area (Å²) in [5.74, 6) is 0. The molecule has 1 saturated heterocycles. The number of hydrogen-bond acceptors (Lipinski definition) is 6. The first-order chi connectivity index (χ1) is 9.93. The van der Waals surface area contributed by atoms with Crippen molar-refractivity contribution in [3.05, 3.63) is 32.6 Å². The highest BCUT2D eigenvalue weighted by Gasteiger charge is 2.47. The van der Waals surface area contributed by atoms with Crippen molar-refractivity contribution in [3.63, 3.8) is 0 Å². The van der Waals surface area contributed by atoms with Crippen molar-refractivity contribution in [1.29, 1.82) is 0 Å². The Hall–Kier alpha value is -1.48. The Balaban J connectivity index is 2.49. The molecule has 8 nitrogen and oxygen atoms in total. The Labute approximate surface area is 120 Å². The first-order valence-electron chi connectivity index (χ1n) is 6.72. The SMILES string of the molecule is COCC[C@]1(n2cc(C)c(=O)[nH]c2=O)C[C@H](O)[C@@H](CO)O1. The van der Waals surface area contributed by atoms with Crippen molar-refractivity contribution < 1.29 is 19.7 Å². The Morgan fingerprint density at radius 3 is 2.86 bits per heavy atom. The lowest BCUT2D eigenvalue weighted by Gasteiger charge is -2.31. The highest BCUT2D eigenvalue weighted by molar-refractivity contribution is 5.04. The Bertz CT molecular complexity index is 609. The zero-order valence-electron chi connectivity index (χ0n) is 12.0. The quantitative estimate of drug-likeness (QED) is 0.621. The molecule has 0 spiro atoms. The van der Waals surface area contributed by atoms with Gasteiger partial charge in [0.1, 0.15) is 6.10 Å². The van der Waals surface area contributed by atoms with Gasteiger partial charge in [-0.25, -0.2) is 4.79 Å². The number of aliphatic hydroxyl groups excluding tert-OH is 2. The van der Waals surface area contributed by atoms with E-state index < -0.39 is 29.2 Å². The molecule has 8 heteroatoms. The van der Waals surface area contributed by atoms with Crippen LogP contribution >= 0.6 is 0 Å². The summed E-state index contributed by atoms with van der Waals surface area (Å²) in [5, 5.41) is 19.2. The summed E-state index contributed by atoms with van der Waals surface area (Å²) in [5.41, 5.74) is -1.87. The molecular weight excluding hydrogens is 280 g/mol.